The summed E-state index contributed by atoms with van der Waals surface area (Å²) in [4.78, 5) is 13.4. The zero-order chi connectivity index (χ0) is 14.5. The van der Waals surface area contributed by atoms with Crippen molar-refractivity contribution in [3.05, 3.63) is 29.8 Å². The van der Waals surface area contributed by atoms with E-state index in [9.17, 15) is 4.79 Å². The Balaban J connectivity index is 1.98. The summed E-state index contributed by atoms with van der Waals surface area (Å²) in [5.41, 5.74) is 1.20. The van der Waals surface area contributed by atoms with E-state index in [1.807, 2.05) is 19.1 Å². The Morgan fingerprint density at radius 2 is 2.05 bits per heavy atom. The van der Waals surface area contributed by atoms with E-state index in [1.165, 1.54) is 5.56 Å². The van der Waals surface area contributed by atoms with Gasteiger partial charge in [0.25, 0.3) is 0 Å². The van der Waals surface area contributed by atoms with Crippen molar-refractivity contribution in [1.82, 2.24) is 4.90 Å². The Labute approximate surface area is 120 Å². The number of rotatable bonds is 5. The molecule has 0 aromatic heterocycles. The normalized spacial score (nSPS) is 23.5. The maximum Gasteiger partial charge on any atom is 0.307 e. The van der Waals surface area contributed by atoms with Gasteiger partial charge in [-0.25, -0.2) is 0 Å². The molecule has 2 rings (SSSR count). The van der Waals surface area contributed by atoms with Crippen LogP contribution in [0.3, 0.4) is 0 Å². The van der Waals surface area contributed by atoms with Crippen LogP contribution in [-0.4, -0.2) is 35.2 Å². The molecule has 0 bridgehead atoms. The van der Waals surface area contributed by atoms with E-state index in [0.717, 1.165) is 25.1 Å². The van der Waals surface area contributed by atoms with Gasteiger partial charge < -0.3 is 9.84 Å². The highest BCUT2D eigenvalue weighted by Crippen LogP contribution is 2.24. The number of carboxylic acids is 1. The smallest absolute Gasteiger partial charge is 0.307 e. The second-order valence-electron chi connectivity index (χ2n) is 5.47. The van der Waals surface area contributed by atoms with Crippen molar-refractivity contribution in [2.24, 2.45) is 5.92 Å². The highest BCUT2D eigenvalue weighted by Gasteiger charge is 2.29. The second kappa shape index (κ2) is 6.75. The lowest BCUT2D eigenvalue weighted by atomic mass is 9.93. The number of nitrogens with zero attached hydrogens (tertiary/aromatic N) is 1. The summed E-state index contributed by atoms with van der Waals surface area (Å²) in [6, 6.07) is 8.51. The van der Waals surface area contributed by atoms with Crippen molar-refractivity contribution in [3.63, 3.8) is 0 Å². The molecular formula is C16H23NO3. The van der Waals surface area contributed by atoms with Gasteiger partial charge in [0, 0.05) is 19.1 Å². The van der Waals surface area contributed by atoms with Gasteiger partial charge in [-0.15, -0.1) is 0 Å². The average Bonchev–Trinajstić information content (AvgIpc) is 2.43. The van der Waals surface area contributed by atoms with Gasteiger partial charge in [-0.1, -0.05) is 12.1 Å². The number of ether oxygens (including phenoxy) is 1. The monoisotopic (exact) mass is 277 g/mol. The SMILES string of the molecule is CCOc1ccc(CN2CC(C(=O)O)CCC2C)cc1. The quantitative estimate of drug-likeness (QED) is 0.899. The van der Waals surface area contributed by atoms with Crippen LogP contribution in [0.1, 0.15) is 32.3 Å². The molecule has 0 amide bonds. The number of aliphatic carboxylic acids is 1. The van der Waals surface area contributed by atoms with Crippen molar-refractivity contribution >= 4 is 5.97 Å². The van der Waals surface area contributed by atoms with Crippen LogP contribution in [0.2, 0.25) is 0 Å². The molecule has 1 saturated heterocycles. The van der Waals surface area contributed by atoms with Gasteiger partial charge in [-0.2, -0.15) is 0 Å². The summed E-state index contributed by atoms with van der Waals surface area (Å²) in [7, 11) is 0. The average molecular weight is 277 g/mol. The van der Waals surface area contributed by atoms with Crippen LogP contribution in [0.15, 0.2) is 24.3 Å². The molecule has 2 unspecified atom stereocenters. The minimum absolute atomic E-state index is 0.228. The third-order valence-electron chi connectivity index (χ3n) is 3.98. The lowest BCUT2D eigenvalue weighted by molar-refractivity contribution is -0.144. The van der Waals surface area contributed by atoms with Gasteiger partial charge in [0.1, 0.15) is 5.75 Å². The van der Waals surface area contributed by atoms with Crippen molar-refractivity contribution in [2.75, 3.05) is 13.2 Å². The molecule has 1 aromatic rings. The molecule has 2 atom stereocenters. The number of carboxylic acid groups (broad SMARTS) is 1. The minimum atomic E-state index is -0.673. The first kappa shape index (κ1) is 14.9. The van der Waals surface area contributed by atoms with E-state index >= 15 is 0 Å². The zero-order valence-electron chi connectivity index (χ0n) is 12.2. The van der Waals surface area contributed by atoms with E-state index < -0.39 is 5.97 Å². The van der Waals surface area contributed by atoms with E-state index in [1.54, 1.807) is 0 Å². The van der Waals surface area contributed by atoms with Crippen molar-refractivity contribution in [3.8, 4) is 5.75 Å². The summed E-state index contributed by atoms with van der Waals surface area (Å²) in [6.45, 7) is 6.26. The fourth-order valence-corrected chi connectivity index (χ4v) is 2.69. The molecule has 0 radical (unpaired) electrons. The van der Waals surface area contributed by atoms with Gasteiger partial charge >= 0.3 is 5.97 Å². The molecule has 0 spiro atoms. The Morgan fingerprint density at radius 3 is 2.65 bits per heavy atom. The van der Waals surface area contributed by atoms with Gasteiger partial charge in [0.15, 0.2) is 0 Å². The van der Waals surface area contributed by atoms with Crippen molar-refractivity contribution in [2.45, 2.75) is 39.3 Å². The van der Waals surface area contributed by atoms with Crippen LogP contribution < -0.4 is 4.74 Å². The van der Waals surface area contributed by atoms with E-state index in [0.29, 0.717) is 19.2 Å². The van der Waals surface area contributed by atoms with Crippen LogP contribution in [0.5, 0.6) is 5.75 Å². The molecular weight excluding hydrogens is 254 g/mol. The van der Waals surface area contributed by atoms with E-state index in [-0.39, 0.29) is 5.92 Å². The molecule has 0 saturated carbocycles. The standard InChI is InChI=1S/C16H23NO3/c1-3-20-15-8-5-13(6-9-15)10-17-11-14(16(18)19)7-4-12(17)2/h5-6,8-9,12,14H,3-4,7,10-11H2,1-2H3,(H,18,19). The molecule has 0 aliphatic carbocycles. The first-order valence-corrected chi connectivity index (χ1v) is 7.28. The Bertz CT molecular complexity index is 444. The minimum Gasteiger partial charge on any atom is -0.494 e. The van der Waals surface area contributed by atoms with Gasteiger partial charge in [0.2, 0.25) is 0 Å². The number of carbonyl (C=O) groups is 1. The van der Waals surface area contributed by atoms with Crippen LogP contribution in [0, 0.1) is 5.92 Å². The molecule has 1 aliphatic heterocycles. The maximum absolute atomic E-state index is 11.1. The highest BCUT2D eigenvalue weighted by molar-refractivity contribution is 5.70. The second-order valence-corrected chi connectivity index (χ2v) is 5.47. The van der Waals surface area contributed by atoms with Crippen LogP contribution >= 0.6 is 0 Å². The summed E-state index contributed by atoms with van der Waals surface area (Å²) < 4.78 is 5.43. The number of hydrogen-bond acceptors (Lipinski definition) is 3. The molecule has 1 aliphatic rings. The number of benzene rings is 1. The number of likely N-dealkylation sites (tertiary alicyclic amines) is 1. The highest BCUT2D eigenvalue weighted by atomic mass is 16.5. The van der Waals surface area contributed by atoms with Crippen molar-refractivity contribution in [1.29, 1.82) is 0 Å². The Morgan fingerprint density at radius 1 is 1.35 bits per heavy atom. The van der Waals surface area contributed by atoms with Gasteiger partial charge in [0.05, 0.1) is 12.5 Å². The molecule has 1 heterocycles. The lowest BCUT2D eigenvalue weighted by Crippen LogP contribution is -2.43. The fraction of sp³-hybridized carbons (Fsp3) is 0.562. The Hall–Kier alpha value is -1.55. The molecule has 1 aromatic carbocycles. The van der Waals surface area contributed by atoms with Crippen LogP contribution in [0.25, 0.3) is 0 Å². The van der Waals surface area contributed by atoms with Gasteiger partial charge in [-0.3, -0.25) is 9.69 Å². The number of hydrogen-bond donors (Lipinski definition) is 1. The summed E-state index contributed by atoms with van der Waals surface area (Å²) in [5.74, 6) is -0.0196. The Kier molecular flexibility index (Phi) is 5.01. The van der Waals surface area contributed by atoms with E-state index in [2.05, 4.69) is 24.0 Å². The molecule has 1 fully saturated rings. The first-order chi connectivity index (χ1) is 9.60. The fourth-order valence-electron chi connectivity index (χ4n) is 2.69. The third-order valence-corrected chi connectivity index (χ3v) is 3.98. The molecule has 110 valence electrons. The summed E-state index contributed by atoms with van der Waals surface area (Å²) in [5, 5.41) is 9.16. The van der Waals surface area contributed by atoms with Crippen LogP contribution in [0.4, 0.5) is 0 Å². The number of piperidine rings is 1. The third kappa shape index (κ3) is 3.73. The first-order valence-electron chi connectivity index (χ1n) is 7.28. The van der Waals surface area contributed by atoms with Gasteiger partial charge in [-0.05, 0) is 44.4 Å². The topological polar surface area (TPSA) is 49.8 Å². The summed E-state index contributed by atoms with van der Waals surface area (Å²) >= 11 is 0. The molecule has 4 nitrogen and oxygen atoms in total. The summed E-state index contributed by atoms with van der Waals surface area (Å²) in [6.07, 6.45) is 1.74. The molecule has 4 heteroatoms. The predicted molar refractivity (Wildman–Crippen MR) is 77.8 cm³/mol. The molecule has 20 heavy (non-hydrogen) atoms. The van der Waals surface area contributed by atoms with Crippen molar-refractivity contribution < 1.29 is 14.6 Å². The lowest BCUT2D eigenvalue weighted by Gasteiger charge is -2.36. The maximum atomic E-state index is 11.1. The van der Waals surface area contributed by atoms with E-state index in [4.69, 9.17) is 9.84 Å². The predicted octanol–water partition coefficient (Wildman–Crippen LogP) is 2.77. The molecule has 1 N–H and O–H groups in total. The zero-order valence-corrected chi connectivity index (χ0v) is 12.2. The largest absolute Gasteiger partial charge is 0.494 e. The van der Waals surface area contributed by atoms with Crippen LogP contribution in [-0.2, 0) is 11.3 Å².